The number of benzene rings is 2. The third kappa shape index (κ3) is 4.43. The zero-order chi connectivity index (χ0) is 19.4. The normalized spacial score (nSPS) is 11.8. The van der Waals surface area contributed by atoms with Gasteiger partial charge in [0.1, 0.15) is 12.3 Å². The van der Waals surface area contributed by atoms with Gasteiger partial charge in [-0.25, -0.2) is 0 Å². The summed E-state index contributed by atoms with van der Waals surface area (Å²) in [7, 11) is 1.49. The second kappa shape index (κ2) is 8.18. The molecule has 2 aromatic rings. The number of ether oxygens (including phenoxy) is 3. The number of nitrogens with one attached hydrogen (secondary N) is 1. The molecule has 2 amide bonds. The van der Waals surface area contributed by atoms with Crippen LogP contribution in [-0.2, 0) is 16.1 Å². The third-order valence-electron chi connectivity index (χ3n) is 4.04. The van der Waals surface area contributed by atoms with Gasteiger partial charge >= 0.3 is 0 Å². The van der Waals surface area contributed by atoms with Crippen molar-refractivity contribution in [2.24, 2.45) is 0 Å². The summed E-state index contributed by atoms with van der Waals surface area (Å²) in [4.78, 5) is 25.8. The van der Waals surface area contributed by atoms with Gasteiger partial charge in [-0.15, -0.1) is 0 Å². The molecule has 0 aliphatic carbocycles. The molecular formula is C19H19ClN2O5. The number of carbonyl (C=O) groups is 2. The number of amides is 2. The number of methoxy groups -OCH3 is 1. The maximum Gasteiger partial charge on any atom is 0.240 e. The summed E-state index contributed by atoms with van der Waals surface area (Å²) in [6.07, 6.45) is 0. The molecule has 27 heavy (non-hydrogen) atoms. The van der Waals surface area contributed by atoms with E-state index in [4.69, 9.17) is 25.8 Å². The molecule has 0 radical (unpaired) electrons. The lowest BCUT2D eigenvalue weighted by molar-refractivity contribution is -0.123. The predicted molar refractivity (Wildman–Crippen MR) is 100 cm³/mol. The molecule has 0 aromatic heterocycles. The Hall–Kier alpha value is -2.93. The van der Waals surface area contributed by atoms with Gasteiger partial charge in [0.05, 0.1) is 12.8 Å². The highest BCUT2D eigenvalue weighted by atomic mass is 35.5. The number of hydrogen-bond donors (Lipinski definition) is 1. The van der Waals surface area contributed by atoms with E-state index in [1.54, 1.807) is 24.3 Å². The van der Waals surface area contributed by atoms with Gasteiger partial charge in [-0.1, -0.05) is 17.7 Å². The van der Waals surface area contributed by atoms with Gasteiger partial charge in [0, 0.05) is 18.5 Å². The van der Waals surface area contributed by atoms with Gasteiger partial charge in [-0.2, -0.15) is 0 Å². The molecule has 1 heterocycles. The van der Waals surface area contributed by atoms with Crippen molar-refractivity contribution in [2.75, 3.05) is 25.3 Å². The van der Waals surface area contributed by atoms with Gasteiger partial charge in [0.2, 0.25) is 18.6 Å². The molecule has 0 unspecified atom stereocenters. The molecule has 1 aliphatic heterocycles. The van der Waals surface area contributed by atoms with Crippen molar-refractivity contribution in [3.8, 4) is 17.2 Å². The Morgan fingerprint density at radius 1 is 1.19 bits per heavy atom. The number of anilines is 1. The molecular weight excluding hydrogens is 372 g/mol. The van der Waals surface area contributed by atoms with Crippen LogP contribution in [0.3, 0.4) is 0 Å². The first-order valence-corrected chi connectivity index (χ1v) is 8.62. The van der Waals surface area contributed by atoms with E-state index in [0.717, 1.165) is 5.56 Å². The lowest BCUT2D eigenvalue weighted by Crippen LogP contribution is -2.39. The molecule has 0 atom stereocenters. The lowest BCUT2D eigenvalue weighted by Gasteiger charge is -2.23. The number of rotatable bonds is 6. The van der Waals surface area contributed by atoms with E-state index in [2.05, 4.69) is 5.32 Å². The van der Waals surface area contributed by atoms with E-state index in [1.165, 1.54) is 18.9 Å². The Morgan fingerprint density at radius 3 is 2.70 bits per heavy atom. The van der Waals surface area contributed by atoms with Gasteiger partial charge < -0.3 is 19.5 Å². The third-order valence-corrected chi connectivity index (χ3v) is 4.28. The summed E-state index contributed by atoms with van der Waals surface area (Å²) in [5.41, 5.74) is 1.30. The maximum absolute atomic E-state index is 12.4. The van der Waals surface area contributed by atoms with Crippen LogP contribution in [0, 0.1) is 0 Å². The van der Waals surface area contributed by atoms with E-state index in [-0.39, 0.29) is 25.2 Å². The minimum absolute atomic E-state index is 0.156. The van der Waals surface area contributed by atoms with Gasteiger partial charge in [0.15, 0.2) is 11.5 Å². The Kier molecular flexibility index (Phi) is 5.71. The summed E-state index contributed by atoms with van der Waals surface area (Å²) in [6, 6.07) is 10.3. The van der Waals surface area contributed by atoms with Crippen LogP contribution in [0.5, 0.6) is 17.2 Å². The van der Waals surface area contributed by atoms with Crippen molar-refractivity contribution in [1.82, 2.24) is 5.32 Å². The quantitative estimate of drug-likeness (QED) is 0.820. The summed E-state index contributed by atoms with van der Waals surface area (Å²) in [5.74, 6) is 1.17. The molecule has 0 spiro atoms. The first kappa shape index (κ1) is 18.8. The predicted octanol–water partition coefficient (Wildman–Crippen LogP) is 2.75. The highest BCUT2D eigenvalue weighted by Gasteiger charge is 2.20. The number of nitrogens with zero attached hydrogens (tertiary/aromatic N) is 1. The second-order valence-corrected chi connectivity index (χ2v) is 6.32. The van der Waals surface area contributed by atoms with Crippen molar-refractivity contribution in [1.29, 1.82) is 0 Å². The molecule has 142 valence electrons. The van der Waals surface area contributed by atoms with Crippen molar-refractivity contribution in [3.63, 3.8) is 0 Å². The van der Waals surface area contributed by atoms with Crippen LogP contribution in [0.1, 0.15) is 12.5 Å². The average molecular weight is 391 g/mol. The zero-order valence-corrected chi connectivity index (χ0v) is 15.7. The number of hydrogen-bond acceptors (Lipinski definition) is 5. The highest BCUT2D eigenvalue weighted by Crippen LogP contribution is 2.33. The molecule has 0 saturated carbocycles. The van der Waals surface area contributed by atoms with E-state index >= 15 is 0 Å². The number of fused-ring (bicyclic) bond motifs is 1. The van der Waals surface area contributed by atoms with Crippen LogP contribution < -0.4 is 24.4 Å². The molecule has 0 bridgehead atoms. The fourth-order valence-electron chi connectivity index (χ4n) is 2.69. The van der Waals surface area contributed by atoms with Crippen molar-refractivity contribution in [2.45, 2.75) is 13.5 Å². The highest BCUT2D eigenvalue weighted by molar-refractivity contribution is 6.31. The lowest BCUT2D eigenvalue weighted by atomic mass is 10.2. The minimum Gasteiger partial charge on any atom is -0.495 e. The van der Waals surface area contributed by atoms with Crippen LogP contribution in [0.25, 0.3) is 0 Å². The van der Waals surface area contributed by atoms with Crippen molar-refractivity contribution in [3.05, 3.63) is 47.0 Å². The summed E-state index contributed by atoms with van der Waals surface area (Å²) in [6.45, 7) is 1.72. The van der Waals surface area contributed by atoms with Gasteiger partial charge in [-0.3, -0.25) is 14.5 Å². The molecule has 2 aromatic carbocycles. The fraction of sp³-hybridized carbons (Fsp3) is 0.263. The van der Waals surface area contributed by atoms with E-state index in [0.29, 0.717) is 34.5 Å². The van der Waals surface area contributed by atoms with Gasteiger partial charge in [0.25, 0.3) is 0 Å². The Bertz CT molecular complexity index is 871. The topological polar surface area (TPSA) is 77.1 Å². The minimum atomic E-state index is -0.315. The maximum atomic E-state index is 12.4. The van der Waals surface area contributed by atoms with Crippen molar-refractivity contribution < 1.29 is 23.8 Å². The van der Waals surface area contributed by atoms with Crippen LogP contribution in [0.2, 0.25) is 5.02 Å². The Morgan fingerprint density at radius 2 is 1.96 bits per heavy atom. The Labute approximate surface area is 161 Å². The molecule has 7 nitrogen and oxygen atoms in total. The number of carbonyl (C=O) groups excluding carboxylic acids is 2. The molecule has 0 saturated heterocycles. The SMILES string of the molecule is COc1ccc(Cl)cc1N(CC(=O)NCc1ccc2c(c1)OCO2)C(C)=O. The number of halogens is 1. The summed E-state index contributed by atoms with van der Waals surface area (Å²) >= 11 is 6.03. The van der Waals surface area contributed by atoms with Crippen molar-refractivity contribution >= 4 is 29.1 Å². The molecule has 1 N–H and O–H groups in total. The van der Waals surface area contributed by atoms with Crippen LogP contribution in [0.4, 0.5) is 5.69 Å². The van der Waals surface area contributed by atoms with E-state index in [1.807, 2.05) is 12.1 Å². The summed E-state index contributed by atoms with van der Waals surface area (Å²) < 4.78 is 15.9. The molecule has 3 rings (SSSR count). The molecule has 1 aliphatic rings. The largest absolute Gasteiger partial charge is 0.495 e. The van der Waals surface area contributed by atoms with Crippen LogP contribution in [0.15, 0.2) is 36.4 Å². The smallest absolute Gasteiger partial charge is 0.240 e. The average Bonchev–Trinajstić information content (AvgIpc) is 3.12. The second-order valence-electron chi connectivity index (χ2n) is 5.89. The summed E-state index contributed by atoms with van der Waals surface area (Å²) in [5, 5.41) is 3.24. The van der Waals surface area contributed by atoms with E-state index < -0.39 is 0 Å². The zero-order valence-electron chi connectivity index (χ0n) is 15.0. The van der Waals surface area contributed by atoms with E-state index in [9.17, 15) is 9.59 Å². The Balaban J connectivity index is 1.67. The van der Waals surface area contributed by atoms with Crippen LogP contribution >= 0.6 is 11.6 Å². The fourth-order valence-corrected chi connectivity index (χ4v) is 2.86. The first-order chi connectivity index (χ1) is 13.0. The monoisotopic (exact) mass is 390 g/mol. The standard InChI is InChI=1S/C19H19ClN2O5/c1-12(23)22(15-8-14(20)4-6-16(15)25-2)10-19(24)21-9-13-3-5-17-18(7-13)27-11-26-17/h3-8H,9-11H2,1-2H3,(H,21,24). The van der Waals surface area contributed by atoms with Gasteiger partial charge in [-0.05, 0) is 35.9 Å². The molecule has 0 fully saturated rings. The first-order valence-electron chi connectivity index (χ1n) is 8.25. The van der Waals surface area contributed by atoms with Crippen LogP contribution in [-0.4, -0.2) is 32.3 Å². The molecule has 8 heteroatoms.